The van der Waals surface area contributed by atoms with E-state index in [1.165, 1.54) is 0 Å². The van der Waals surface area contributed by atoms with Crippen molar-refractivity contribution in [2.24, 2.45) is 0 Å². The van der Waals surface area contributed by atoms with Gasteiger partial charge in [-0.15, -0.1) is 16.4 Å². The van der Waals surface area contributed by atoms with Crippen molar-refractivity contribution < 1.29 is 19.1 Å². The number of nitrogens with one attached hydrogen (secondary N) is 2. The Kier molecular flexibility index (Phi) is 7.80. The Bertz CT molecular complexity index is 1600. The number of rotatable bonds is 8. The van der Waals surface area contributed by atoms with Crippen molar-refractivity contribution in [3.8, 4) is 0 Å². The Morgan fingerprint density at radius 3 is 2.36 bits per heavy atom. The van der Waals surface area contributed by atoms with Crippen LogP contribution in [0.3, 0.4) is 0 Å². The van der Waals surface area contributed by atoms with Crippen LogP contribution in [-0.4, -0.2) is 77.3 Å². The highest BCUT2D eigenvalue weighted by atomic mass is 32.1. The SMILES string of the molecule is CCOC(=O)n1nc(NC(=O)c2ccc(CN3CCN(C)CC3)cc2)c2cc(C(=O)NC3(c4ccccc4)CC3)sc21. The Morgan fingerprint density at radius 1 is 0.976 bits per heavy atom. The van der Waals surface area contributed by atoms with Crippen LogP contribution in [0.1, 0.15) is 50.9 Å². The van der Waals surface area contributed by atoms with Crippen molar-refractivity contribution in [3.05, 3.63) is 82.2 Å². The standard InChI is InChI=1S/C31H34N6O4S/c1-3-41-30(40)37-29-24(19-25(42-29)28(39)33-31(13-14-31)23-7-5-4-6-8-23)26(34-37)32-27(38)22-11-9-21(10-12-22)20-36-17-15-35(2)16-18-36/h4-12,19H,3,13-18,20H2,1-2H3,(H,33,39)(H,32,34,38). The van der Waals surface area contributed by atoms with Crippen LogP contribution >= 0.6 is 11.3 Å². The number of amides is 2. The molecule has 42 heavy (non-hydrogen) atoms. The summed E-state index contributed by atoms with van der Waals surface area (Å²) in [6.45, 7) is 6.85. The van der Waals surface area contributed by atoms with E-state index in [1.54, 1.807) is 25.1 Å². The molecule has 11 heteroatoms. The van der Waals surface area contributed by atoms with Crippen LogP contribution in [0, 0.1) is 0 Å². The smallest absolute Gasteiger partial charge is 0.436 e. The molecule has 0 bridgehead atoms. The van der Waals surface area contributed by atoms with Crippen molar-refractivity contribution in [1.82, 2.24) is 24.9 Å². The largest absolute Gasteiger partial charge is 0.448 e. The lowest BCUT2D eigenvalue weighted by Gasteiger charge is -2.32. The van der Waals surface area contributed by atoms with Crippen LogP contribution in [0.25, 0.3) is 10.2 Å². The predicted molar refractivity (Wildman–Crippen MR) is 162 cm³/mol. The molecule has 2 amide bonds. The van der Waals surface area contributed by atoms with Gasteiger partial charge in [0.25, 0.3) is 11.8 Å². The van der Waals surface area contributed by atoms with E-state index in [0.29, 0.717) is 20.7 Å². The molecule has 1 aliphatic carbocycles. The normalized spacial score (nSPS) is 16.7. The van der Waals surface area contributed by atoms with E-state index in [2.05, 4.69) is 32.6 Å². The lowest BCUT2D eigenvalue weighted by Crippen LogP contribution is -2.43. The number of nitrogens with zero attached hydrogens (tertiary/aromatic N) is 4. The zero-order valence-electron chi connectivity index (χ0n) is 23.8. The molecule has 0 unspecified atom stereocenters. The summed E-state index contributed by atoms with van der Waals surface area (Å²) in [7, 11) is 2.13. The number of benzene rings is 2. The zero-order valence-corrected chi connectivity index (χ0v) is 24.6. The number of ether oxygens (including phenoxy) is 1. The first kappa shape index (κ1) is 28.1. The third-order valence-electron chi connectivity index (χ3n) is 7.90. The minimum absolute atomic E-state index is 0.167. The highest BCUT2D eigenvalue weighted by Gasteiger charge is 2.46. The topological polar surface area (TPSA) is 109 Å². The number of carbonyl (C=O) groups excluding carboxylic acids is 3. The second-order valence-electron chi connectivity index (χ2n) is 10.9. The Labute approximate surface area is 248 Å². The summed E-state index contributed by atoms with van der Waals surface area (Å²) >= 11 is 1.14. The molecule has 1 saturated heterocycles. The molecule has 6 rings (SSSR count). The first-order valence-electron chi connectivity index (χ1n) is 14.2. The van der Waals surface area contributed by atoms with E-state index in [-0.39, 0.29) is 29.8 Å². The molecule has 1 aliphatic heterocycles. The van der Waals surface area contributed by atoms with E-state index in [9.17, 15) is 14.4 Å². The third-order valence-corrected chi connectivity index (χ3v) is 9.01. The third kappa shape index (κ3) is 5.80. The highest BCUT2D eigenvalue weighted by Crippen LogP contribution is 2.46. The monoisotopic (exact) mass is 586 g/mol. The maximum absolute atomic E-state index is 13.4. The molecular weight excluding hydrogens is 552 g/mol. The molecule has 0 spiro atoms. The van der Waals surface area contributed by atoms with Crippen LogP contribution in [0.4, 0.5) is 10.6 Å². The summed E-state index contributed by atoms with van der Waals surface area (Å²) in [6.07, 6.45) is 1.05. The molecule has 2 aliphatic rings. The molecule has 10 nitrogen and oxygen atoms in total. The molecule has 4 aromatic rings. The second-order valence-corrected chi connectivity index (χ2v) is 12.0. The van der Waals surface area contributed by atoms with Crippen molar-refractivity contribution in [3.63, 3.8) is 0 Å². The van der Waals surface area contributed by atoms with Crippen molar-refractivity contribution >= 4 is 45.3 Å². The summed E-state index contributed by atoms with van der Waals surface area (Å²) in [5, 5.41) is 10.9. The Morgan fingerprint density at radius 2 is 1.69 bits per heavy atom. The lowest BCUT2D eigenvalue weighted by molar-refractivity contribution is 0.0934. The minimum Gasteiger partial charge on any atom is -0.448 e. The molecule has 2 fully saturated rings. The van der Waals surface area contributed by atoms with Crippen LogP contribution < -0.4 is 10.6 Å². The van der Waals surface area contributed by atoms with E-state index in [0.717, 1.165) is 72.7 Å². The predicted octanol–water partition coefficient (Wildman–Crippen LogP) is 4.52. The zero-order chi connectivity index (χ0) is 29.3. The van der Waals surface area contributed by atoms with Crippen molar-refractivity contribution in [1.29, 1.82) is 0 Å². The van der Waals surface area contributed by atoms with Gasteiger partial charge in [-0.05, 0) is 56.1 Å². The quantitative estimate of drug-likeness (QED) is 0.313. The van der Waals surface area contributed by atoms with Crippen LogP contribution in [0.2, 0.25) is 0 Å². The first-order chi connectivity index (χ1) is 20.3. The fraction of sp³-hybridized carbons (Fsp3) is 0.355. The molecular formula is C31H34N6O4S. The molecule has 2 aromatic heterocycles. The Balaban J connectivity index is 1.20. The molecule has 3 heterocycles. The average Bonchev–Trinajstić information content (AvgIpc) is 3.51. The average molecular weight is 587 g/mol. The number of piperazine rings is 1. The van der Waals surface area contributed by atoms with Crippen LogP contribution in [-0.2, 0) is 16.8 Å². The van der Waals surface area contributed by atoms with Crippen molar-refractivity contribution in [2.75, 3.05) is 45.2 Å². The molecule has 0 atom stereocenters. The number of fused-ring (bicyclic) bond motifs is 1. The van der Waals surface area contributed by atoms with Crippen molar-refractivity contribution in [2.45, 2.75) is 31.8 Å². The number of likely N-dealkylation sites (N-methyl/N-ethyl adjacent to an activating group) is 1. The van der Waals surface area contributed by atoms with Gasteiger partial charge in [-0.1, -0.05) is 42.5 Å². The molecule has 0 radical (unpaired) electrons. The van der Waals surface area contributed by atoms with E-state index in [4.69, 9.17) is 4.74 Å². The maximum atomic E-state index is 13.4. The van der Waals surface area contributed by atoms with Gasteiger partial charge < -0.3 is 20.3 Å². The Hall–Kier alpha value is -4.06. The van der Waals surface area contributed by atoms with Gasteiger partial charge in [0, 0.05) is 38.3 Å². The molecule has 218 valence electrons. The molecule has 2 aromatic carbocycles. The second kappa shape index (κ2) is 11.7. The summed E-state index contributed by atoms with van der Waals surface area (Å²) in [5.41, 5.74) is 2.31. The van der Waals surface area contributed by atoms with Gasteiger partial charge in [-0.25, -0.2) is 4.79 Å². The summed E-state index contributed by atoms with van der Waals surface area (Å²) < 4.78 is 6.30. The van der Waals surface area contributed by atoms with E-state index >= 15 is 0 Å². The number of carbonyl (C=O) groups is 3. The van der Waals surface area contributed by atoms with E-state index < -0.39 is 6.09 Å². The number of hydrogen-bond donors (Lipinski definition) is 2. The van der Waals surface area contributed by atoms with Gasteiger partial charge in [0.05, 0.1) is 22.4 Å². The van der Waals surface area contributed by atoms with Gasteiger partial charge in [0.1, 0.15) is 4.83 Å². The highest BCUT2D eigenvalue weighted by molar-refractivity contribution is 7.20. The molecule has 1 saturated carbocycles. The lowest BCUT2D eigenvalue weighted by atomic mass is 10.1. The minimum atomic E-state index is -0.673. The summed E-state index contributed by atoms with van der Waals surface area (Å²) in [5.74, 6) is -0.389. The van der Waals surface area contributed by atoms with Gasteiger partial charge in [0.15, 0.2) is 5.82 Å². The summed E-state index contributed by atoms with van der Waals surface area (Å²) in [6, 6.07) is 19.1. The maximum Gasteiger partial charge on any atom is 0.436 e. The van der Waals surface area contributed by atoms with Gasteiger partial charge in [-0.2, -0.15) is 4.68 Å². The fourth-order valence-electron chi connectivity index (χ4n) is 5.27. The van der Waals surface area contributed by atoms with E-state index in [1.807, 2.05) is 42.5 Å². The molecule has 2 N–H and O–H groups in total. The van der Waals surface area contributed by atoms with Crippen LogP contribution in [0.5, 0.6) is 0 Å². The first-order valence-corrected chi connectivity index (χ1v) is 15.1. The number of thiophene rings is 1. The fourth-order valence-corrected chi connectivity index (χ4v) is 6.27. The summed E-state index contributed by atoms with van der Waals surface area (Å²) in [4.78, 5) is 44.9. The van der Waals surface area contributed by atoms with Gasteiger partial charge >= 0.3 is 6.09 Å². The van der Waals surface area contributed by atoms with Gasteiger partial charge in [-0.3, -0.25) is 14.5 Å². The number of hydrogen-bond acceptors (Lipinski definition) is 8. The number of aromatic nitrogens is 2. The van der Waals surface area contributed by atoms with Crippen LogP contribution in [0.15, 0.2) is 60.7 Å². The number of anilines is 1. The van der Waals surface area contributed by atoms with Gasteiger partial charge in [0.2, 0.25) is 0 Å².